The van der Waals surface area contributed by atoms with Crippen molar-refractivity contribution in [1.29, 1.82) is 0 Å². The molecule has 11 heteroatoms. The number of amides is 2. The SMILES string of the molecule is CC[C@H](C)[C@H](NC(=O)[C@@H](N)CS)C(=O)N[C@@H](CCCN=C(N)N)C(=O)O. The molecule has 0 rings (SSSR count). The molecule has 10 nitrogen and oxygen atoms in total. The van der Waals surface area contributed by atoms with Gasteiger partial charge in [-0.2, -0.15) is 12.6 Å². The number of thiol groups is 1. The van der Waals surface area contributed by atoms with Gasteiger partial charge >= 0.3 is 5.97 Å². The van der Waals surface area contributed by atoms with Crippen molar-refractivity contribution in [3.8, 4) is 0 Å². The number of hydrogen-bond donors (Lipinski definition) is 7. The van der Waals surface area contributed by atoms with Gasteiger partial charge in [0.05, 0.1) is 6.04 Å². The molecule has 0 aliphatic rings. The molecular weight excluding hydrogens is 360 g/mol. The van der Waals surface area contributed by atoms with E-state index in [4.69, 9.17) is 17.2 Å². The van der Waals surface area contributed by atoms with Crippen molar-refractivity contribution in [3.05, 3.63) is 0 Å². The van der Waals surface area contributed by atoms with Crippen molar-refractivity contribution in [2.24, 2.45) is 28.1 Å². The van der Waals surface area contributed by atoms with E-state index in [1.54, 1.807) is 6.92 Å². The molecule has 0 aliphatic carbocycles. The lowest BCUT2D eigenvalue weighted by Crippen LogP contribution is -2.56. The fourth-order valence-corrected chi connectivity index (χ4v) is 2.23. The number of hydrogen-bond acceptors (Lipinski definition) is 6. The zero-order valence-corrected chi connectivity index (χ0v) is 16.0. The topological polar surface area (TPSA) is 186 Å². The first-order chi connectivity index (χ1) is 12.1. The molecule has 26 heavy (non-hydrogen) atoms. The number of carboxylic acids is 1. The standard InChI is InChI=1S/C15H30N6O4S/c1-3-8(2)11(21-12(22)9(16)7-26)13(23)20-10(14(24)25)5-4-6-19-15(17)18/h8-11,26H,3-7,16H2,1-2H3,(H,20,23)(H,21,22)(H,24,25)(H4,17,18,19)/t8-,9-,10-,11-/m0/s1. The number of rotatable bonds is 12. The molecule has 4 atom stereocenters. The van der Waals surface area contributed by atoms with Crippen LogP contribution in [0, 0.1) is 5.92 Å². The average molecular weight is 391 g/mol. The number of aliphatic carboxylic acids is 1. The summed E-state index contributed by atoms with van der Waals surface area (Å²) in [5.41, 5.74) is 16.0. The fraction of sp³-hybridized carbons (Fsp3) is 0.733. The quantitative estimate of drug-likeness (QED) is 0.0904. The molecule has 0 unspecified atom stereocenters. The molecule has 0 bridgehead atoms. The summed E-state index contributed by atoms with van der Waals surface area (Å²) in [4.78, 5) is 39.7. The van der Waals surface area contributed by atoms with Crippen LogP contribution in [0.5, 0.6) is 0 Å². The molecule has 0 aromatic carbocycles. The van der Waals surface area contributed by atoms with Crippen molar-refractivity contribution in [2.75, 3.05) is 12.3 Å². The van der Waals surface area contributed by atoms with Crippen molar-refractivity contribution in [3.63, 3.8) is 0 Å². The Morgan fingerprint density at radius 3 is 2.27 bits per heavy atom. The zero-order chi connectivity index (χ0) is 20.3. The number of nitrogens with zero attached hydrogens (tertiary/aromatic N) is 1. The Labute approximate surface area is 158 Å². The normalized spacial score (nSPS) is 15.2. The third-order valence-corrected chi connectivity index (χ3v) is 4.28. The highest BCUT2D eigenvalue weighted by atomic mass is 32.1. The third kappa shape index (κ3) is 8.90. The first kappa shape index (κ1) is 24.0. The summed E-state index contributed by atoms with van der Waals surface area (Å²) < 4.78 is 0. The molecule has 2 amide bonds. The van der Waals surface area contributed by atoms with Gasteiger partial charge < -0.3 is 32.9 Å². The van der Waals surface area contributed by atoms with Crippen LogP contribution >= 0.6 is 12.6 Å². The van der Waals surface area contributed by atoms with Crippen LogP contribution in [0.3, 0.4) is 0 Å². The van der Waals surface area contributed by atoms with Crippen molar-refractivity contribution < 1.29 is 19.5 Å². The van der Waals surface area contributed by atoms with Crippen molar-refractivity contribution in [1.82, 2.24) is 10.6 Å². The van der Waals surface area contributed by atoms with E-state index in [0.717, 1.165) is 0 Å². The number of aliphatic imine (C=N–C) groups is 1. The lowest BCUT2D eigenvalue weighted by Gasteiger charge is -2.26. The van der Waals surface area contributed by atoms with E-state index in [1.807, 2.05) is 6.92 Å². The van der Waals surface area contributed by atoms with Crippen LogP contribution in [-0.2, 0) is 14.4 Å². The Morgan fingerprint density at radius 2 is 1.81 bits per heavy atom. The number of guanidine groups is 1. The molecule has 0 saturated carbocycles. The summed E-state index contributed by atoms with van der Waals surface area (Å²) >= 11 is 3.96. The largest absolute Gasteiger partial charge is 0.480 e. The minimum Gasteiger partial charge on any atom is -0.480 e. The number of carboxylic acid groups (broad SMARTS) is 1. The Bertz CT molecular complexity index is 512. The highest BCUT2D eigenvalue weighted by molar-refractivity contribution is 7.80. The van der Waals surface area contributed by atoms with E-state index in [9.17, 15) is 19.5 Å². The molecule has 0 heterocycles. The van der Waals surface area contributed by atoms with Crippen LogP contribution in [0.2, 0.25) is 0 Å². The van der Waals surface area contributed by atoms with Gasteiger partial charge in [-0.25, -0.2) is 4.79 Å². The molecular formula is C15H30N6O4S. The minimum absolute atomic E-state index is 0.0824. The van der Waals surface area contributed by atoms with Crippen molar-refractivity contribution >= 4 is 36.4 Å². The third-order valence-electron chi connectivity index (χ3n) is 3.89. The Morgan fingerprint density at radius 1 is 1.19 bits per heavy atom. The van der Waals surface area contributed by atoms with E-state index in [2.05, 4.69) is 28.3 Å². The smallest absolute Gasteiger partial charge is 0.326 e. The van der Waals surface area contributed by atoms with Crippen LogP contribution in [0.4, 0.5) is 0 Å². The first-order valence-electron chi connectivity index (χ1n) is 8.39. The summed E-state index contributed by atoms with van der Waals surface area (Å²) in [6.07, 6.45) is 1.13. The molecule has 9 N–H and O–H groups in total. The fourth-order valence-electron chi connectivity index (χ4n) is 2.07. The number of carbonyl (C=O) groups is 3. The summed E-state index contributed by atoms with van der Waals surface area (Å²) in [7, 11) is 0. The van der Waals surface area contributed by atoms with Gasteiger partial charge in [-0.1, -0.05) is 20.3 Å². The van der Waals surface area contributed by atoms with Gasteiger partial charge in [0.2, 0.25) is 11.8 Å². The molecule has 0 fully saturated rings. The highest BCUT2D eigenvalue weighted by Gasteiger charge is 2.30. The van der Waals surface area contributed by atoms with Crippen LogP contribution < -0.4 is 27.8 Å². The highest BCUT2D eigenvalue weighted by Crippen LogP contribution is 2.10. The second-order valence-corrected chi connectivity index (χ2v) is 6.37. The molecule has 0 saturated heterocycles. The molecule has 0 aromatic heterocycles. The van der Waals surface area contributed by atoms with Gasteiger partial charge in [0.1, 0.15) is 12.1 Å². The Kier molecular flexibility index (Phi) is 11.4. The first-order valence-corrected chi connectivity index (χ1v) is 9.02. The second kappa shape index (κ2) is 12.4. The number of carbonyl (C=O) groups excluding carboxylic acids is 2. The summed E-state index contributed by atoms with van der Waals surface area (Å²) in [5, 5.41) is 14.3. The molecule has 150 valence electrons. The van der Waals surface area contributed by atoms with Crippen LogP contribution in [-0.4, -0.2) is 59.3 Å². The van der Waals surface area contributed by atoms with Gasteiger partial charge in [0.25, 0.3) is 0 Å². The van der Waals surface area contributed by atoms with E-state index < -0.39 is 35.9 Å². The number of nitrogens with two attached hydrogens (primary N) is 3. The van der Waals surface area contributed by atoms with Crippen LogP contribution in [0.15, 0.2) is 4.99 Å². The van der Waals surface area contributed by atoms with E-state index in [1.165, 1.54) is 0 Å². The van der Waals surface area contributed by atoms with E-state index in [0.29, 0.717) is 12.8 Å². The summed E-state index contributed by atoms with van der Waals surface area (Å²) in [5.74, 6) is -2.43. The summed E-state index contributed by atoms with van der Waals surface area (Å²) in [6.45, 7) is 3.90. The van der Waals surface area contributed by atoms with Gasteiger partial charge in [0.15, 0.2) is 5.96 Å². The van der Waals surface area contributed by atoms with Gasteiger partial charge in [0, 0.05) is 12.3 Å². The molecule has 0 aromatic rings. The maximum atomic E-state index is 12.5. The van der Waals surface area contributed by atoms with Crippen LogP contribution in [0.25, 0.3) is 0 Å². The predicted octanol–water partition coefficient (Wildman–Crippen LogP) is -1.60. The maximum Gasteiger partial charge on any atom is 0.326 e. The number of nitrogens with one attached hydrogen (secondary N) is 2. The minimum atomic E-state index is -1.18. The Balaban J connectivity index is 4.97. The lowest BCUT2D eigenvalue weighted by atomic mass is 9.97. The average Bonchev–Trinajstić information content (AvgIpc) is 2.59. The Hall–Kier alpha value is -2.01. The zero-order valence-electron chi connectivity index (χ0n) is 15.1. The molecule has 0 aliphatic heterocycles. The van der Waals surface area contributed by atoms with E-state index >= 15 is 0 Å². The van der Waals surface area contributed by atoms with Gasteiger partial charge in [-0.15, -0.1) is 0 Å². The molecule has 0 radical (unpaired) electrons. The lowest BCUT2D eigenvalue weighted by molar-refractivity contribution is -0.142. The van der Waals surface area contributed by atoms with Crippen LogP contribution in [0.1, 0.15) is 33.1 Å². The maximum absolute atomic E-state index is 12.5. The van der Waals surface area contributed by atoms with E-state index in [-0.39, 0.29) is 30.6 Å². The second-order valence-electron chi connectivity index (χ2n) is 6.01. The predicted molar refractivity (Wildman–Crippen MR) is 103 cm³/mol. The van der Waals surface area contributed by atoms with Gasteiger partial charge in [-0.05, 0) is 18.8 Å². The summed E-state index contributed by atoms with van der Waals surface area (Å²) in [6, 6.07) is -2.86. The van der Waals surface area contributed by atoms with Gasteiger partial charge in [-0.3, -0.25) is 14.6 Å². The molecule has 0 spiro atoms. The monoisotopic (exact) mass is 390 g/mol. The van der Waals surface area contributed by atoms with Crippen molar-refractivity contribution in [2.45, 2.75) is 51.2 Å².